The second-order valence-corrected chi connectivity index (χ2v) is 9.81. The molecule has 0 aromatic heterocycles. The van der Waals surface area contributed by atoms with Gasteiger partial charge in [-0.05, 0) is 49.4 Å². The van der Waals surface area contributed by atoms with Crippen LogP contribution in [0.1, 0.15) is 79.1 Å². The summed E-state index contributed by atoms with van der Waals surface area (Å²) in [5.41, 5.74) is 0.0585. The molecule has 3 nitrogen and oxygen atoms in total. The summed E-state index contributed by atoms with van der Waals surface area (Å²) in [5.74, 6) is 1.64. The molecule has 0 aromatic carbocycles. The normalized spacial score (nSPS) is 13.1. The van der Waals surface area contributed by atoms with Crippen LogP contribution in [-0.2, 0) is 11.2 Å². The Balaban J connectivity index is 3.46. The molecule has 0 aromatic rings. The molecule has 0 aliphatic carbocycles. The highest BCUT2D eigenvalue weighted by Crippen LogP contribution is 2.23. The standard InChI is InChI=1S/C18H38O3S/c1-17(2,15-19)11-7-5-9-13-22(21)14-10-6-8-12-18(3,4)16-20/h19-20H,5-16H2,1-4H3. The molecule has 0 heterocycles. The van der Waals surface area contributed by atoms with Gasteiger partial charge < -0.3 is 14.8 Å². The van der Waals surface area contributed by atoms with Crippen molar-refractivity contribution in [1.82, 2.24) is 0 Å². The summed E-state index contributed by atoms with van der Waals surface area (Å²) in [4.78, 5) is 0. The van der Waals surface area contributed by atoms with Gasteiger partial charge in [-0.1, -0.05) is 51.7 Å². The van der Waals surface area contributed by atoms with Gasteiger partial charge in [0.2, 0.25) is 0 Å². The molecule has 0 radical (unpaired) electrons. The lowest BCUT2D eigenvalue weighted by Gasteiger charge is -2.21. The molecule has 2 N–H and O–H groups in total. The van der Waals surface area contributed by atoms with Crippen molar-refractivity contribution in [3.05, 3.63) is 0 Å². The first-order chi connectivity index (χ1) is 10.2. The van der Waals surface area contributed by atoms with Crippen molar-refractivity contribution < 1.29 is 14.8 Å². The number of rotatable bonds is 14. The van der Waals surface area contributed by atoms with Crippen LogP contribution in [0.4, 0.5) is 0 Å². The highest BCUT2D eigenvalue weighted by Gasteiger charge is 2.16. The van der Waals surface area contributed by atoms with Crippen molar-refractivity contribution in [1.29, 1.82) is 0 Å². The van der Waals surface area contributed by atoms with Crippen molar-refractivity contribution in [3.8, 4) is 0 Å². The van der Waals surface area contributed by atoms with E-state index >= 15 is 0 Å². The first-order valence-electron chi connectivity index (χ1n) is 8.79. The predicted molar refractivity (Wildman–Crippen MR) is 96.5 cm³/mol. The van der Waals surface area contributed by atoms with Crippen LogP contribution >= 0.6 is 0 Å². The second kappa shape index (κ2) is 11.7. The van der Waals surface area contributed by atoms with Gasteiger partial charge >= 0.3 is 0 Å². The van der Waals surface area contributed by atoms with Crippen LogP contribution in [0.3, 0.4) is 0 Å². The van der Waals surface area contributed by atoms with Gasteiger partial charge in [-0.25, -0.2) is 0 Å². The fraction of sp³-hybridized carbons (Fsp3) is 1.00. The maximum absolute atomic E-state index is 11.9. The van der Waals surface area contributed by atoms with E-state index in [9.17, 15) is 14.8 Å². The van der Waals surface area contributed by atoms with E-state index in [1.54, 1.807) is 0 Å². The van der Waals surface area contributed by atoms with E-state index in [4.69, 9.17) is 0 Å². The second-order valence-electron chi connectivity index (χ2n) is 8.11. The molecule has 4 heteroatoms. The van der Waals surface area contributed by atoms with Crippen LogP contribution in [0, 0.1) is 10.8 Å². The lowest BCUT2D eigenvalue weighted by molar-refractivity contribution is 0.147. The smallest absolute Gasteiger partial charge is 0.105 e. The zero-order valence-corrected chi connectivity index (χ0v) is 16.0. The molecule has 0 bridgehead atoms. The average Bonchev–Trinajstić information content (AvgIpc) is 2.46. The van der Waals surface area contributed by atoms with E-state index in [-0.39, 0.29) is 24.0 Å². The third-order valence-electron chi connectivity index (χ3n) is 4.31. The molecule has 0 saturated carbocycles. The summed E-state index contributed by atoms with van der Waals surface area (Å²) < 4.78 is 11.9. The molecule has 0 rings (SSSR count). The quantitative estimate of drug-likeness (QED) is 0.374. The zero-order valence-electron chi connectivity index (χ0n) is 15.2. The fourth-order valence-corrected chi connectivity index (χ4v) is 3.60. The zero-order chi connectivity index (χ0) is 17.1. The van der Waals surface area contributed by atoms with Gasteiger partial charge in [0.05, 0.1) is 0 Å². The van der Waals surface area contributed by atoms with Crippen molar-refractivity contribution in [2.75, 3.05) is 24.7 Å². The number of unbranched alkanes of at least 4 members (excludes halogenated alkanes) is 4. The lowest BCUT2D eigenvalue weighted by atomic mass is 9.88. The Labute approximate surface area is 141 Å². The molecular formula is C18H38O3S. The summed E-state index contributed by atoms with van der Waals surface area (Å²) in [7, 11) is 0. The van der Waals surface area contributed by atoms with Crippen LogP contribution in [-0.4, -0.2) is 39.5 Å². The molecule has 0 aliphatic rings. The van der Waals surface area contributed by atoms with Gasteiger partial charge in [-0.2, -0.15) is 0 Å². The number of aliphatic hydroxyl groups is 2. The molecule has 0 amide bonds. The number of hydrogen-bond acceptors (Lipinski definition) is 3. The van der Waals surface area contributed by atoms with Crippen molar-refractivity contribution in [2.24, 2.45) is 10.8 Å². The van der Waals surface area contributed by atoms with Crippen LogP contribution in [0.2, 0.25) is 0 Å². The Kier molecular flexibility index (Phi) is 11.8. The molecule has 134 valence electrons. The summed E-state index contributed by atoms with van der Waals surface area (Å²) in [6.45, 7) is 8.83. The van der Waals surface area contributed by atoms with Crippen LogP contribution in [0.15, 0.2) is 0 Å². The van der Waals surface area contributed by atoms with Crippen LogP contribution in [0.5, 0.6) is 0 Å². The van der Waals surface area contributed by atoms with E-state index in [2.05, 4.69) is 27.7 Å². The van der Waals surface area contributed by atoms with Crippen LogP contribution in [0.25, 0.3) is 0 Å². The summed E-state index contributed by atoms with van der Waals surface area (Å²) in [6, 6.07) is 0. The highest BCUT2D eigenvalue weighted by atomic mass is 32.2. The molecule has 0 saturated heterocycles. The van der Waals surface area contributed by atoms with Gasteiger partial charge in [-0.3, -0.25) is 0 Å². The minimum atomic E-state index is -0.672. The van der Waals surface area contributed by atoms with Gasteiger partial charge in [0.25, 0.3) is 0 Å². The van der Waals surface area contributed by atoms with Crippen molar-refractivity contribution in [3.63, 3.8) is 0 Å². The Morgan fingerprint density at radius 2 is 1.05 bits per heavy atom. The third-order valence-corrected chi connectivity index (χ3v) is 5.80. The Morgan fingerprint density at radius 1 is 0.682 bits per heavy atom. The Bertz CT molecular complexity index is 241. The first-order valence-corrected chi connectivity index (χ1v) is 10.3. The third kappa shape index (κ3) is 12.7. The van der Waals surface area contributed by atoms with Gasteiger partial charge in [-0.15, -0.1) is 0 Å². The largest absolute Gasteiger partial charge is 0.616 e. The monoisotopic (exact) mass is 334 g/mol. The van der Waals surface area contributed by atoms with E-state index in [1.165, 1.54) is 0 Å². The van der Waals surface area contributed by atoms with Gasteiger partial charge in [0, 0.05) is 13.2 Å². The van der Waals surface area contributed by atoms with Gasteiger partial charge in [0.1, 0.15) is 11.5 Å². The number of hydrogen-bond donors (Lipinski definition) is 2. The number of aliphatic hydroxyl groups excluding tert-OH is 2. The molecule has 22 heavy (non-hydrogen) atoms. The minimum Gasteiger partial charge on any atom is -0.616 e. The maximum atomic E-state index is 11.9. The molecule has 0 spiro atoms. The molecule has 0 unspecified atom stereocenters. The first kappa shape index (κ1) is 22.2. The van der Waals surface area contributed by atoms with E-state index in [0.717, 1.165) is 62.9 Å². The summed E-state index contributed by atoms with van der Waals surface area (Å²) >= 11 is -0.672. The van der Waals surface area contributed by atoms with Gasteiger partial charge in [0.15, 0.2) is 0 Å². The Hall–Kier alpha value is 0.230. The van der Waals surface area contributed by atoms with E-state index in [0.29, 0.717) is 0 Å². The molecule has 0 aliphatic heterocycles. The SMILES string of the molecule is CC(C)(CO)CCCCC[S+]([O-])CCCCCC(C)(C)CO. The van der Waals surface area contributed by atoms with E-state index in [1.807, 2.05) is 0 Å². The summed E-state index contributed by atoms with van der Waals surface area (Å²) in [5, 5.41) is 18.4. The minimum absolute atomic E-state index is 0.0293. The summed E-state index contributed by atoms with van der Waals surface area (Å²) in [6.07, 6.45) is 8.59. The maximum Gasteiger partial charge on any atom is 0.105 e. The van der Waals surface area contributed by atoms with Crippen LogP contribution < -0.4 is 0 Å². The topological polar surface area (TPSA) is 63.5 Å². The molecule has 0 fully saturated rings. The van der Waals surface area contributed by atoms with E-state index < -0.39 is 11.2 Å². The van der Waals surface area contributed by atoms with Crippen molar-refractivity contribution >= 4 is 11.2 Å². The molecule has 0 atom stereocenters. The predicted octanol–water partition coefficient (Wildman–Crippen LogP) is 3.89. The fourth-order valence-electron chi connectivity index (χ4n) is 2.35. The molecular weight excluding hydrogens is 296 g/mol. The average molecular weight is 335 g/mol. The lowest BCUT2D eigenvalue weighted by Crippen LogP contribution is -2.17. The van der Waals surface area contributed by atoms with Crippen molar-refractivity contribution in [2.45, 2.75) is 79.1 Å². The highest BCUT2D eigenvalue weighted by molar-refractivity contribution is 7.91. The Morgan fingerprint density at radius 3 is 1.36 bits per heavy atom.